The van der Waals surface area contributed by atoms with Crippen LogP contribution >= 0.6 is 23.2 Å². The summed E-state index contributed by atoms with van der Waals surface area (Å²) in [6, 6.07) is 23.6. The normalized spacial score (nSPS) is 16.5. The molecule has 35 heavy (non-hydrogen) atoms. The monoisotopic (exact) mass is 504 g/mol. The van der Waals surface area contributed by atoms with Crippen molar-refractivity contribution in [2.75, 3.05) is 5.01 Å². The van der Waals surface area contributed by atoms with Crippen LogP contribution < -0.4 is 10.6 Å². The lowest BCUT2D eigenvalue weighted by Gasteiger charge is -2.23. The Morgan fingerprint density at radius 3 is 2.00 bits per heavy atom. The number of hydrogen-bond donors (Lipinski definition) is 1. The van der Waals surface area contributed by atoms with Gasteiger partial charge in [-0.05, 0) is 67.9 Å². The first-order chi connectivity index (χ1) is 16.8. The summed E-state index contributed by atoms with van der Waals surface area (Å²) in [5.41, 5.74) is 3.77. The minimum Gasteiger partial charge on any atom is -0.295 e. The number of hydrogen-bond acceptors (Lipinski definition) is 3. The van der Waals surface area contributed by atoms with Crippen LogP contribution in [-0.2, 0) is 4.79 Å². The maximum atomic E-state index is 13.8. The maximum Gasteiger partial charge on any atom is 0.275 e. The highest BCUT2D eigenvalue weighted by Crippen LogP contribution is 2.38. The number of hydrazone groups is 1. The number of carbonyl (C=O) groups is 1. The van der Waals surface area contributed by atoms with E-state index in [0.717, 1.165) is 5.56 Å². The summed E-state index contributed by atoms with van der Waals surface area (Å²) in [6.07, 6.45) is 0. The van der Waals surface area contributed by atoms with Crippen molar-refractivity contribution < 1.29 is 4.79 Å². The molecule has 3 aromatic carbocycles. The van der Waals surface area contributed by atoms with Gasteiger partial charge in [-0.15, -0.1) is 0 Å². The number of carbonyl (C=O) groups excluding carboxylic acids is 1. The fraction of sp³-hybridized carbons (Fsp3) is 0.148. The zero-order valence-corrected chi connectivity index (χ0v) is 20.6. The zero-order valence-electron chi connectivity index (χ0n) is 19.1. The Kier molecular flexibility index (Phi) is 6.09. The van der Waals surface area contributed by atoms with Gasteiger partial charge in [0.1, 0.15) is 0 Å². The van der Waals surface area contributed by atoms with Crippen LogP contribution in [0.5, 0.6) is 0 Å². The van der Waals surface area contributed by atoms with Crippen molar-refractivity contribution in [3.8, 4) is 5.69 Å². The molecule has 0 aliphatic carbocycles. The SMILES string of the molecule is CC1=NN(c2ccc(Cl)cc2)C(=O)C1C(c1ccccc1)c1c(C)[nH]n(-c2ccc(Cl)cc2)c1=O. The molecule has 0 spiro atoms. The van der Waals surface area contributed by atoms with Crippen LogP contribution in [0.3, 0.4) is 0 Å². The van der Waals surface area contributed by atoms with Crippen molar-refractivity contribution in [2.45, 2.75) is 19.8 Å². The Morgan fingerprint density at radius 1 is 0.829 bits per heavy atom. The first-order valence-corrected chi connectivity index (χ1v) is 11.9. The van der Waals surface area contributed by atoms with Crippen molar-refractivity contribution in [2.24, 2.45) is 11.0 Å². The van der Waals surface area contributed by atoms with Crippen LogP contribution in [0, 0.1) is 12.8 Å². The lowest BCUT2D eigenvalue weighted by molar-refractivity contribution is -0.120. The average Bonchev–Trinajstić information content (AvgIpc) is 3.31. The van der Waals surface area contributed by atoms with Crippen LogP contribution in [-0.4, -0.2) is 21.4 Å². The number of nitrogens with one attached hydrogen (secondary N) is 1. The third-order valence-corrected chi connectivity index (χ3v) is 6.76. The summed E-state index contributed by atoms with van der Waals surface area (Å²) in [4.78, 5) is 27.5. The summed E-state index contributed by atoms with van der Waals surface area (Å²) >= 11 is 12.1. The smallest absolute Gasteiger partial charge is 0.275 e. The van der Waals surface area contributed by atoms with Gasteiger partial charge in [0.05, 0.1) is 17.3 Å². The Bertz CT molecular complexity index is 1470. The van der Waals surface area contributed by atoms with Crippen LogP contribution in [0.15, 0.2) is 88.8 Å². The topological polar surface area (TPSA) is 70.5 Å². The van der Waals surface area contributed by atoms with E-state index < -0.39 is 11.8 Å². The van der Waals surface area contributed by atoms with Crippen molar-refractivity contribution in [3.05, 3.63) is 116 Å². The van der Waals surface area contributed by atoms with Gasteiger partial charge in [-0.1, -0.05) is 53.5 Å². The largest absolute Gasteiger partial charge is 0.295 e. The molecular formula is C27H22Cl2N4O2. The maximum absolute atomic E-state index is 13.8. The third kappa shape index (κ3) is 4.20. The van der Waals surface area contributed by atoms with E-state index in [9.17, 15) is 9.59 Å². The molecule has 1 N–H and O–H groups in total. The van der Waals surface area contributed by atoms with Crippen molar-refractivity contribution in [1.82, 2.24) is 9.78 Å². The van der Waals surface area contributed by atoms with E-state index in [2.05, 4.69) is 10.2 Å². The molecule has 2 atom stereocenters. The van der Waals surface area contributed by atoms with E-state index in [-0.39, 0.29) is 11.5 Å². The molecule has 2 unspecified atom stereocenters. The molecule has 0 radical (unpaired) electrons. The number of benzene rings is 3. The summed E-state index contributed by atoms with van der Waals surface area (Å²) in [5.74, 6) is -1.37. The molecule has 1 aromatic heterocycles. The Labute approximate surface area is 212 Å². The standard InChI is InChI=1S/C27H22Cl2N4O2/c1-16-23(26(34)32(30-16)21-12-8-19(28)9-13-21)25(18-6-4-3-5-7-18)24-17(2)31-33(27(24)35)22-14-10-20(29)11-15-22/h3-15,23,25,31H,1-2H3. The molecule has 6 nitrogen and oxygen atoms in total. The molecule has 176 valence electrons. The first-order valence-electron chi connectivity index (χ1n) is 11.1. The van der Waals surface area contributed by atoms with Crippen molar-refractivity contribution >= 4 is 40.5 Å². The average molecular weight is 505 g/mol. The van der Waals surface area contributed by atoms with Crippen LogP contribution in [0.1, 0.15) is 29.7 Å². The lowest BCUT2D eigenvalue weighted by Crippen LogP contribution is -2.34. The number of anilines is 1. The van der Waals surface area contributed by atoms with E-state index in [1.54, 1.807) is 48.5 Å². The molecular weight excluding hydrogens is 483 g/mol. The number of halogens is 2. The second kappa shape index (κ2) is 9.21. The van der Waals surface area contributed by atoms with Crippen molar-refractivity contribution in [1.29, 1.82) is 0 Å². The van der Waals surface area contributed by atoms with Gasteiger partial charge in [-0.3, -0.25) is 14.7 Å². The molecule has 0 saturated carbocycles. The quantitative estimate of drug-likeness (QED) is 0.364. The number of aromatic nitrogens is 2. The zero-order chi connectivity index (χ0) is 24.7. The summed E-state index contributed by atoms with van der Waals surface area (Å²) in [6.45, 7) is 3.68. The van der Waals surface area contributed by atoms with E-state index in [1.807, 2.05) is 44.2 Å². The fourth-order valence-electron chi connectivity index (χ4n) is 4.61. The van der Waals surface area contributed by atoms with Gasteiger partial charge in [0, 0.05) is 32.9 Å². The van der Waals surface area contributed by atoms with Gasteiger partial charge in [-0.25, -0.2) is 9.69 Å². The second-order valence-electron chi connectivity index (χ2n) is 8.50. The number of H-pyrrole nitrogens is 1. The van der Waals surface area contributed by atoms with Gasteiger partial charge >= 0.3 is 0 Å². The minimum absolute atomic E-state index is 0.197. The minimum atomic E-state index is -0.644. The lowest BCUT2D eigenvalue weighted by atomic mass is 9.78. The fourth-order valence-corrected chi connectivity index (χ4v) is 4.87. The predicted molar refractivity (Wildman–Crippen MR) is 140 cm³/mol. The van der Waals surface area contributed by atoms with Gasteiger partial charge in [0.25, 0.3) is 11.5 Å². The number of amides is 1. The van der Waals surface area contributed by atoms with E-state index in [4.69, 9.17) is 23.2 Å². The predicted octanol–water partition coefficient (Wildman–Crippen LogP) is 5.95. The van der Waals surface area contributed by atoms with E-state index in [1.165, 1.54) is 9.69 Å². The Morgan fingerprint density at radius 2 is 1.40 bits per heavy atom. The molecule has 5 rings (SSSR count). The molecule has 1 amide bonds. The number of aromatic amines is 1. The number of rotatable bonds is 5. The molecule has 2 heterocycles. The number of nitrogens with zero attached hydrogens (tertiary/aromatic N) is 3. The van der Waals surface area contributed by atoms with Gasteiger partial charge < -0.3 is 0 Å². The summed E-state index contributed by atoms with van der Waals surface area (Å²) in [7, 11) is 0. The van der Waals surface area contributed by atoms with Gasteiger partial charge in [-0.2, -0.15) is 5.10 Å². The molecule has 1 aliphatic rings. The van der Waals surface area contributed by atoms with Gasteiger partial charge in [0.15, 0.2) is 0 Å². The third-order valence-electron chi connectivity index (χ3n) is 6.26. The highest BCUT2D eigenvalue weighted by Gasteiger charge is 2.43. The Hall–Kier alpha value is -3.61. The second-order valence-corrected chi connectivity index (χ2v) is 9.37. The van der Waals surface area contributed by atoms with Crippen LogP contribution in [0.2, 0.25) is 10.0 Å². The van der Waals surface area contributed by atoms with E-state index >= 15 is 0 Å². The van der Waals surface area contributed by atoms with E-state index in [0.29, 0.717) is 38.4 Å². The van der Waals surface area contributed by atoms with Crippen LogP contribution in [0.25, 0.3) is 5.69 Å². The molecule has 1 aliphatic heterocycles. The molecule has 8 heteroatoms. The molecule has 0 saturated heterocycles. The first kappa shape index (κ1) is 23.1. The molecule has 4 aromatic rings. The molecule has 0 bridgehead atoms. The number of aryl methyl sites for hydroxylation is 1. The van der Waals surface area contributed by atoms with Crippen molar-refractivity contribution in [3.63, 3.8) is 0 Å². The van der Waals surface area contributed by atoms with Gasteiger partial charge in [0.2, 0.25) is 0 Å². The summed E-state index contributed by atoms with van der Waals surface area (Å²) in [5, 5.41) is 10.3. The highest BCUT2D eigenvalue weighted by molar-refractivity contribution is 6.31. The van der Waals surface area contributed by atoms with Crippen LogP contribution in [0.4, 0.5) is 5.69 Å². The highest BCUT2D eigenvalue weighted by atomic mass is 35.5. The summed E-state index contributed by atoms with van der Waals surface area (Å²) < 4.78 is 1.49. The molecule has 0 fully saturated rings. The Balaban J connectivity index is 1.63.